The lowest BCUT2D eigenvalue weighted by Gasteiger charge is -2.26. The fourth-order valence-electron chi connectivity index (χ4n) is 4.71. The van der Waals surface area contributed by atoms with E-state index >= 15 is 0 Å². The lowest BCUT2D eigenvalue weighted by molar-refractivity contribution is -0.122. The SMILES string of the molecule is CC[C@H](C)c1ccccc1OCCn1cc(/C=C2/C(=O)NC(=O)N(c3ccc(Cl)cc3)C2=O)c2ccccc21. The number of hydrogen-bond donors (Lipinski definition) is 1. The lowest BCUT2D eigenvalue weighted by Crippen LogP contribution is -2.54. The third kappa shape index (κ3) is 5.31. The summed E-state index contributed by atoms with van der Waals surface area (Å²) in [6.45, 7) is 5.35. The molecule has 0 spiro atoms. The Bertz CT molecular complexity index is 1590. The fourth-order valence-corrected chi connectivity index (χ4v) is 4.83. The van der Waals surface area contributed by atoms with Gasteiger partial charge in [-0.25, -0.2) is 9.69 Å². The van der Waals surface area contributed by atoms with Gasteiger partial charge >= 0.3 is 6.03 Å². The minimum Gasteiger partial charge on any atom is -0.491 e. The molecule has 4 aromatic rings. The predicted molar refractivity (Wildman–Crippen MR) is 153 cm³/mol. The van der Waals surface area contributed by atoms with Gasteiger partial charge in [-0.3, -0.25) is 14.9 Å². The van der Waals surface area contributed by atoms with E-state index in [4.69, 9.17) is 16.3 Å². The molecule has 0 bridgehead atoms. The molecular formula is C31H28ClN3O4. The standard InChI is InChI=1S/C31H28ClN3O4/c1-3-20(2)24-8-5-7-11-28(24)39-17-16-34-19-21(25-9-4-6-10-27(25)34)18-26-29(36)33-31(38)35(30(26)37)23-14-12-22(32)13-15-23/h4-15,18-20H,3,16-17H2,1-2H3,(H,33,36,38)/b26-18-/t20-/m0/s1. The highest BCUT2D eigenvalue weighted by molar-refractivity contribution is 6.39. The normalized spacial score (nSPS) is 15.6. The Kier molecular flexibility index (Phi) is 7.52. The van der Waals surface area contributed by atoms with Gasteiger partial charge in [-0.05, 0) is 60.4 Å². The van der Waals surface area contributed by atoms with E-state index < -0.39 is 17.8 Å². The molecule has 4 amide bonds. The molecule has 39 heavy (non-hydrogen) atoms. The number of para-hydroxylation sites is 2. The molecule has 0 saturated carbocycles. The van der Waals surface area contributed by atoms with Crippen LogP contribution in [0.5, 0.6) is 5.75 Å². The summed E-state index contributed by atoms with van der Waals surface area (Å²) in [5, 5.41) is 3.61. The molecule has 8 heteroatoms. The number of carbonyl (C=O) groups is 3. The zero-order valence-electron chi connectivity index (χ0n) is 21.7. The maximum atomic E-state index is 13.3. The molecule has 0 unspecified atom stereocenters. The average molecular weight is 542 g/mol. The monoisotopic (exact) mass is 541 g/mol. The quantitative estimate of drug-likeness (QED) is 0.202. The van der Waals surface area contributed by atoms with E-state index in [0.717, 1.165) is 28.0 Å². The number of carbonyl (C=O) groups excluding carboxylic acids is 3. The van der Waals surface area contributed by atoms with Gasteiger partial charge in [0.15, 0.2) is 0 Å². The van der Waals surface area contributed by atoms with Gasteiger partial charge in [0.05, 0.1) is 12.2 Å². The van der Waals surface area contributed by atoms with Gasteiger partial charge in [0.1, 0.15) is 17.9 Å². The summed E-state index contributed by atoms with van der Waals surface area (Å²) in [4.78, 5) is 39.5. The van der Waals surface area contributed by atoms with Gasteiger partial charge in [-0.15, -0.1) is 0 Å². The number of halogens is 1. The maximum absolute atomic E-state index is 13.3. The van der Waals surface area contributed by atoms with Gasteiger partial charge in [0.25, 0.3) is 11.8 Å². The number of anilines is 1. The molecule has 1 aromatic heterocycles. The van der Waals surface area contributed by atoms with Crippen molar-refractivity contribution in [1.29, 1.82) is 0 Å². The summed E-state index contributed by atoms with van der Waals surface area (Å²) in [5.41, 5.74) is 3.00. The number of fused-ring (bicyclic) bond motifs is 1. The van der Waals surface area contributed by atoms with E-state index in [1.54, 1.807) is 24.3 Å². The Labute approximate surface area is 231 Å². The van der Waals surface area contributed by atoms with E-state index in [1.165, 1.54) is 11.6 Å². The van der Waals surface area contributed by atoms with Crippen molar-refractivity contribution in [2.75, 3.05) is 11.5 Å². The van der Waals surface area contributed by atoms with Crippen LogP contribution in [0, 0.1) is 0 Å². The van der Waals surface area contributed by atoms with Gasteiger partial charge in [0, 0.05) is 27.7 Å². The van der Waals surface area contributed by atoms with E-state index in [-0.39, 0.29) is 5.57 Å². The molecule has 0 aliphatic carbocycles. The van der Waals surface area contributed by atoms with Gasteiger partial charge in [-0.1, -0.05) is 61.8 Å². The lowest BCUT2D eigenvalue weighted by atomic mass is 9.98. The molecule has 2 heterocycles. The molecule has 1 atom stereocenters. The Morgan fingerprint density at radius 3 is 2.46 bits per heavy atom. The molecule has 3 aromatic carbocycles. The zero-order chi connectivity index (χ0) is 27.5. The van der Waals surface area contributed by atoms with Crippen LogP contribution in [-0.2, 0) is 16.1 Å². The molecule has 1 aliphatic rings. The highest BCUT2D eigenvalue weighted by Crippen LogP contribution is 2.30. The number of ether oxygens (including phenoxy) is 1. The first-order chi connectivity index (χ1) is 18.9. The number of benzene rings is 3. The second-order valence-electron chi connectivity index (χ2n) is 9.42. The Balaban J connectivity index is 1.43. The molecule has 198 valence electrons. The number of barbiturate groups is 1. The van der Waals surface area contributed by atoms with Crippen molar-refractivity contribution in [2.24, 2.45) is 0 Å². The van der Waals surface area contributed by atoms with Crippen LogP contribution in [0.25, 0.3) is 17.0 Å². The van der Waals surface area contributed by atoms with Crippen LogP contribution in [0.15, 0.2) is 84.6 Å². The van der Waals surface area contributed by atoms with Crippen LogP contribution < -0.4 is 15.0 Å². The molecule has 1 saturated heterocycles. The van der Waals surface area contributed by atoms with Crippen molar-refractivity contribution in [3.05, 3.63) is 101 Å². The molecule has 1 N–H and O–H groups in total. The van der Waals surface area contributed by atoms with E-state index in [0.29, 0.717) is 35.3 Å². The Hall–Kier alpha value is -4.36. The second-order valence-corrected chi connectivity index (χ2v) is 9.86. The fraction of sp³-hybridized carbons (Fsp3) is 0.194. The largest absolute Gasteiger partial charge is 0.491 e. The summed E-state index contributed by atoms with van der Waals surface area (Å²) >= 11 is 5.96. The number of amides is 4. The minimum absolute atomic E-state index is 0.133. The van der Waals surface area contributed by atoms with E-state index in [1.807, 2.05) is 53.2 Å². The number of urea groups is 1. The molecule has 7 nitrogen and oxygen atoms in total. The summed E-state index contributed by atoms with van der Waals surface area (Å²) in [6.07, 6.45) is 4.45. The smallest absolute Gasteiger partial charge is 0.335 e. The van der Waals surface area contributed by atoms with Crippen LogP contribution in [0.4, 0.5) is 10.5 Å². The van der Waals surface area contributed by atoms with Crippen molar-refractivity contribution in [3.63, 3.8) is 0 Å². The topological polar surface area (TPSA) is 80.6 Å². The molecule has 0 radical (unpaired) electrons. The summed E-state index contributed by atoms with van der Waals surface area (Å²) < 4.78 is 8.22. The zero-order valence-corrected chi connectivity index (χ0v) is 22.4. The van der Waals surface area contributed by atoms with Gasteiger partial charge in [0.2, 0.25) is 0 Å². The number of aromatic nitrogens is 1. The molecular weight excluding hydrogens is 514 g/mol. The second kappa shape index (κ2) is 11.2. The van der Waals surface area contributed by atoms with E-state index in [2.05, 4.69) is 25.2 Å². The first-order valence-electron chi connectivity index (χ1n) is 12.8. The van der Waals surface area contributed by atoms with Crippen LogP contribution >= 0.6 is 11.6 Å². The van der Waals surface area contributed by atoms with Crippen LogP contribution in [-0.4, -0.2) is 29.0 Å². The minimum atomic E-state index is -0.804. The Morgan fingerprint density at radius 1 is 0.974 bits per heavy atom. The number of nitrogens with one attached hydrogen (secondary N) is 1. The molecule has 1 aliphatic heterocycles. The van der Waals surface area contributed by atoms with Gasteiger partial charge < -0.3 is 9.30 Å². The van der Waals surface area contributed by atoms with Crippen molar-refractivity contribution >= 4 is 52.1 Å². The average Bonchev–Trinajstić information content (AvgIpc) is 3.29. The van der Waals surface area contributed by atoms with Crippen molar-refractivity contribution in [2.45, 2.75) is 32.7 Å². The van der Waals surface area contributed by atoms with Crippen molar-refractivity contribution in [3.8, 4) is 5.75 Å². The van der Waals surface area contributed by atoms with Crippen LogP contribution in [0.2, 0.25) is 5.02 Å². The number of hydrogen-bond acceptors (Lipinski definition) is 4. The predicted octanol–water partition coefficient (Wildman–Crippen LogP) is 6.55. The highest BCUT2D eigenvalue weighted by atomic mass is 35.5. The number of rotatable bonds is 8. The summed E-state index contributed by atoms with van der Waals surface area (Å²) in [6, 6.07) is 21.3. The number of nitrogens with zero attached hydrogens (tertiary/aromatic N) is 2. The summed E-state index contributed by atoms with van der Waals surface area (Å²) in [5.74, 6) is -0.169. The van der Waals surface area contributed by atoms with E-state index in [9.17, 15) is 14.4 Å². The number of imide groups is 2. The van der Waals surface area contributed by atoms with Gasteiger partial charge in [-0.2, -0.15) is 0 Å². The summed E-state index contributed by atoms with van der Waals surface area (Å²) in [7, 11) is 0. The van der Waals surface area contributed by atoms with Crippen LogP contribution in [0.3, 0.4) is 0 Å². The van der Waals surface area contributed by atoms with Crippen LogP contribution in [0.1, 0.15) is 37.3 Å². The molecule has 1 fully saturated rings. The van der Waals surface area contributed by atoms with Crippen molar-refractivity contribution in [1.82, 2.24) is 9.88 Å². The third-order valence-electron chi connectivity index (χ3n) is 6.96. The maximum Gasteiger partial charge on any atom is 0.335 e. The highest BCUT2D eigenvalue weighted by Gasteiger charge is 2.37. The van der Waals surface area contributed by atoms with Crippen molar-refractivity contribution < 1.29 is 19.1 Å². The molecule has 5 rings (SSSR count). The first kappa shape index (κ1) is 26.3. The first-order valence-corrected chi connectivity index (χ1v) is 13.2. The Morgan fingerprint density at radius 2 is 1.69 bits per heavy atom. The third-order valence-corrected chi connectivity index (χ3v) is 7.21.